The molecule has 134 valence electrons. The third-order valence-electron chi connectivity index (χ3n) is 3.76. The van der Waals surface area contributed by atoms with Gasteiger partial charge >= 0.3 is 12.0 Å². The van der Waals surface area contributed by atoms with Gasteiger partial charge in [-0.3, -0.25) is 10.1 Å². The van der Waals surface area contributed by atoms with Gasteiger partial charge in [0.1, 0.15) is 0 Å². The van der Waals surface area contributed by atoms with Crippen LogP contribution in [-0.2, 0) is 9.53 Å². The molecule has 0 spiro atoms. The lowest BCUT2D eigenvalue weighted by molar-refractivity contribution is -0.123. The van der Waals surface area contributed by atoms with Crippen LogP contribution < -0.4 is 10.6 Å². The topological polar surface area (TPSA) is 84.5 Å². The Kier molecular flexibility index (Phi) is 7.66. The molecule has 0 saturated heterocycles. The van der Waals surface area contributed by atoms with E-state index in [1.807, 2.05) is 0 Å². The van der Waals surface area contributed by atoms with Gasteiger partial charge in [0.2, 0.25) is 0 Å². The van der Waals surface area contributed by atoms with Crippen molar-refractivity contribution >= 4 is 33.8 Å². The van der Waals surface area contributed by atoms with Crippen LogP contribution in [0.4, 0.5) is 4.79 Å². The number of rotatable bonds is 6. The van der Waals surface area contributed by atoms with E-state index in [9.17, 15) is 14.4 Å². The van der Waals surface area contributed by atoms with Gasteiger partial charge in [0.05, 0.1) is 5.56 Å². The Bertz CT molecular complexity index is 673. The van der Waals surface area contributed by atoms with Crippen LogP contribution >= 0.6 is 15.9 Å². The number of benzene rings is 1. The van der Waals surface area contributed by atoms with E-state index in [2.05, 4.69) is 32.6 Å². The summed E-state index contributed by atoms with van der Waals surface area (Å²) in [6, 6.07) is 6.05. The molecule has 2 N–H and O–H groups in total. The summed E-state index contributed by atoms with van der Waals surface area (Å²) < 4.78 is 5.62. The number of amides is 3. The zero-order valence-corrected chi connectivity index (χ0v) is 15.4. The Morgan fingerprint density at radius 3 is 2.76 bits per heavy atom. The number of carbonyl (C=O) groups is 3. The summed E-state index contributed by atoms with van der Waals surface area (Å²) in [5.41, 5.74) is 1.67. The van der Waals surface area contributed by atoms with Crippen molar-refractivity contribution in [3.8, 4) is 0 Å². The molecule has 0 bridgehead atoms. The SMILES string of the molecule is O=C(COC(=O)c1cccc(Br)c1)NC(=O)NCCC1=CCCCC1. The van der Waals surface area contributed by atoms with Crippen LogP contribution in [0.2, 0.25) is 0 Å². The van der Waals surface area contributed by atoms with Gasteiger partial charge in [-0.05, 0) is 50.3 Å². The van der Waals surface area contributed by atoms with Crippen LogP contribution in [0.1, 0.15) is 42.5 Å². The minimum atomic E-state index is -0.669. The van der Waals surface area contributed by atoms with Crippen molar-refractivity contribution in [1.82, 2.24) is 10.6 Å². The summed E-state index contributed by atoms with van der Waals surface area (Å²) in [5, 5.41) is 4.77. The van der Waals surface area contributed by atoms with Crippen molar-refractivity contribution in [1.29, 1.82) is 0 Å². The first kappa shape index (κ1) is 19.2. The zero-order valence-electron chi connectivity index (χ0n) is 13.8. The molecule has 1 aromatic carbocycles. The highest BCUT2D eigenvalue weighted by atomic mass is 79.9. The molecule has 0 radical (unpaired) electrons. The highest BCUT2D eigenvalue weighted by Gasteiger charge is 2.13. The molecule has 6 nitrogen and oxygen atoms in total. The van der Waals surface area contributed by atoms with Crippen molar-refractivity contribution in [3.63, 3.8) is 0 Å². The number of ether oxygens (including phenoxy) is 1. The highest BCUT2D eigenvalue weighted by molar-refractivity contribution is 9.10. The first-order chi connectivity index (χ1) is 12.0. The molecule has 1 aromatic rings. The molecule has 25 heavy (non-hydrogen) atoms. The molecule has 0 fully saturated rings. The van der Waals surface area contributed by atoms with Gasteiger partial charge in [-0.15, -0.1) is 0 Å². The maximum Gasteiger partial charge on any atom is 0.338 e. The van der Waals surface area contributed by atoms with Crippen molar-refractivity contribution in [3.05, 3.63) is 46.0 Å². The number of halogens is 1. The van der Waals surface area contributed by atoms with Crippen molar-refractivity contribution in [2.75, 3.05) is 13.2 Å². The van der Waals surface area contributed by atoms with Crippen LogP contribution in [0, 0.1) is 0 Å². The molecule has 2 rings (SSSR count). The largest absolute Gasteiger partial charge is 0.452 e. The van der Waals surface area contributed by atoms with Crippen LogP contribution in [0.5, 0.6) is 0 Å². The summed E-state index contributed by atoms with van der Waals surface area (Å²) in [5.74, 6) is -1.29. The van der Waals surface area contributed by atoms with Crippen LogP contribution in [0.25, 0.3) is 0 Å². The Hall–Kier alpha value is -2.15. The van der Waals surface area contributed by atoms with Crippen LogP contribution in [-0.4, -0.2) is 31.1 Å². The summed E-state index contributed by atoms with van der Waals surface area (Å²) in [6.45, 7) is -0.0350. The number of carbonyl (C=O) groups excluding carboxylic acids is 3. The predicted octanol–water partition coefficient (Wildman–Crippen LogP) is 3.32. The second kappa shape index (κ2) is 9.98. The minimum Gasteiger partial charge on any atom is -0.452 e. The summed E-state index contributed by atoms with van der Waals surface area (Å²) in [4.78, 5) is 35.1. The predicted molar refractivity (Wildman–Crippen MR) is 97.1 cm³/mol. The molecule has 1 aliphatic carbocycles. The molecule has 3 amide bonds. The average Bonchev–Trinajstić information content (AvgIpc) is 2.60. The number of allylic oxidation sites excluding steroid dienone is 1. The second-order valence-corrected chi connectivity index (χ2v) is 6.66. The van der Waals surface area contributed by atoms with E-state index in [0.29, 0.717) is 12.1 Å². The Morgan fingerprint density at radius 1 is 1.20 bits per heavy atom. The Morgan fingerprint density at radius 2 is 2.04 bits per heavy atom. The average molecular weight is 409 g/mol. The molecule has 0 aromatic heterocycles. The number of esters is 1. The quantitative estimate of drug-likeness (QED) is 0.558. The summed E-state index contributed by atoms with van der Waals surface area (Å²) >= 11 is 3.25. The van der Waals surface area contributed by atoms with E-state index in [1.54, 1.807) is 24.3 Å². The minimum absolute atomic E-state index is 0.326. The number of imide groups is 1. The molecule has 0 atom stereocenters. The molecule has 0 saturated carbocycles. The lowest BCUT2D eigenvalue weighted by atomic mass is 9.97. The maximum atomic E-state index is 11.8. The van der Waals surface area contributed by atoms with E-state index in [1.165, 1.54) is 18.4 Å². The second-order valence-electron chi connectivity index (χ2n) is 5.75. The first-order valence-corrected chi connectivity index (χ1v) is 9.02. The van der Waals surface area contributed by atoms with Crippen molar-refractivity contribution in [2.45, 2.75) is 32.1 Å². The van der Waals surface area contributed by atoms with E-state index >= 15 is 0 Å². The van der Waals surface area contributed by atoms with Gasteiger partial charge in [0.25, 0.3) is 5.91 Å². The molecule has 0 heterocycles. The molecule has 7 heteroatoms. The standard InChI is InChI=1S/C18H21BrN2O4/c19-15-8-4-7-14(11-15)17(23)25-12-16(22)21-18(24)20-10-9-13-5-2-1-3-6-13/h4-5,7-8,11H,1-3,6,9-10,12H2,(H2,20,21,22,24). The van der Waals surface area contributed by atoms with Gasteiger partial charge in [0, 0.05) is 11.0 Å². The Balaban J connectivity index is 1.64. The van der Waals surface area contributed by atoms with Crippen LogP contribution in [0.3, 0.4) is 0 Å². The van der Waals surface area contributed by atoms with E-state index < -0.39 is 24.5 Å². The molecule has 1 aliphatic rings. The number of urea groups is 1. The number of hydrogen-bond acceptors (Lipinski definition) is 4. The Labute approximate surface area is 155 Å². The van der Waals surface area contributed by atoms with Crippen molar-refractivity contribution < 1.29 is 19.1 Å². The lowest BCUT2D eigenvalue weighted by Gasteiger charge is -2.13. The normalized spacial score (nSPS) is 13.6. The van der Waals surface area contributed by atoms with Gasteiger partial charge in [0.15, 0.2) is 6.61 Å². The maximum absolute atomic E-state index is 11.8. The van der Waals surface area contributed by atoms with Gasteiger partial charge in [-0.2, -0.15) is 0 Å². The summed E-state index contributed by atoms with van der Waals surface area (Å²) in [7, 11) is 0. The van der Waals surface area contributed by atoms with E-state index in [0.717, 1.165) is 23.7 Å². The molecule has 0 unspecified atom stereocenters. The third-order valence-corrected chi connectivity index (χ3v) is 4.26. The third kappa shape index (κ3) is 7.09. The molecular formula is C18H21BrN2O4. The van der Waals surface area contributed by atoms with E-state index in [-0.39, 0.29) is 0 Å². The first-order valence-electron chi connectivity index (χ1n) is 8.23. The summed E-state index contributed by atoms with van der Waals surface area (Å²) in [6.07, 6.45) is 7.61. The monoisotopic (exact) mass is 408 g/mol. The fourth-order valence-corrected chi connectivity index (χ4v) is 2.90. The fraction of sp³-hybridized carbons (Fsp3) is 0.389. The zero-order chi connectivity index (χ0) is 18.1. The van der Waals surface area contributed by atoms with Gasteiger partial charge in [-0.1, -0.05) is 33.6 Å². The highest BCUT2D eigenvalue weighted by Crippen LogP contribution is 2.19. The number of nitrogens with one attached hydrogen (secondary N) is 2. The smallest absolute Gasteiger partial charge is 0.338 e. The van der Waals surface area contributed by atoms with Gasteiger partial charge < -0.3 is 10.1 Å². The number of hydrogen-bond donors (Lipinski definition) is 2. The van der Waals surface area contributed by atoms with Gasteiger partial charge in [-0.25, -0.2) is 9.59 Å². The molecular weight excluding hydrogens is 388 g/mol. The fourth-order valence-electron chi connectivity index (χ4n) is 2.51. The van der Waals surface area contributed by atoms with Crippen molar-refractivity contribution in [2.24, 2.45) is 0 Å². The molecule has 0 aliphatic heterocycles. The lowest BCUT2D eigenvalue weighted by Crippen LogP contribution is -2.41. The van der Waals surface area contributed by atoms with E-state index in [4.69, 9.17) is 4.74 Å². The van der Waals surface area contributed by atoms with Crippen LogP contribution in [0.15, 0.2) is 40.4 Å².